The Hall–Kier alpha value is -1.38. The molecular weight excluding hydrogens is 188 g/mol. The van der Waals surface area contributed by atoms with Crippen molar-refractivity contribution in [3.63, 3.8) is 0 Å². The molecule has 0 fully saturated rings. The summed E-state index contributed by atoms with van der Waals surface area (Å²) < 4.78 is 0. The SMILES string of the molecule is CC1CN(C(C)C)c2cc(O)ccc2N1. The van der Waals surface area contributed by atoms with Crippen molar-refractivity contribution in [2.45, 2.75) is 32.9 Å². The summed E-state index contributed by atoms with van der Waals surface area (Å²) >= 11 is 0. The number of aromatic hydroxyl groups is 1. The van der Waals surface area contributed by atoms with Gasteiger partial charge in [-0.15, -0.1) is 0 Å². The molecular formula is C12H18N2O. The fourth-order valence-electron chi connectivity index (χ4n) is 2.07. The topological polar surface area (TPSA) is 35.5 Å². The smallest absolute Gasteiger partial charge is 0.117 e. The Morgan fingerprint density at radius 1 is 1.47 bits per heavy atom. The molecule has 1 aromatic rings. The van der Waals surface area contributed by atoms with Crippen LogP contribution in [0.4, 0.5) is 11.4 Å². The largest absolute Gasteiger partial charge is 0.508 e. The van der Waals surface area contributed by atoms with E-state index in [2.05, 4.69) is 31.0 Å². The maximum absolute atomic E-state index is 9.50. The van der Waals surface area contributed by atoms with Gasteiger partial charge in [0, 0.05) is 24.7 Å². The van der Waals surface area contributed by atoms with Gasteiger partial charge in [0.25, 0.3) is 0 Å². The zero-order chi connectivity index (χ0) is 11.0. The standard InChI is InChI=1S/C12H18N2O/c1-8(2)14-7-9(3)13-11-5-4-10(15)6-12(11)14/h4-6,8-9,13,15H,7H2,1-3H3. The maximum Gasteiger partial charge on any atom is 0.117 e. The van der Waals surface area contributed by atoms with Crippen LogP contribution in [-0.2, 0) is 0 Å². The molecule has 2 N–H and O–H groups in total. The minimum absolute atomic E-state index is 0.329. The van der Waals surface area contributed by atoms with Gasteiger partial charge in [-0.2, -0.15) is 0 Å². The van der Waals surface area contributed by atoms with Gasteiger partial charge < -0.3 is 15.3 Å². The van der Waals surface area contributed by atoms with Crippen LogP contribution in [0.2, 0.25) is 0 Å². The summed E-state index contributed by atoms with van der Waals surface area (Å²) in [5, 5.41) is 12.9. The van der Waals surface area contributed by atoms with Crippen molar-refractivity contribution in [3.05, 3.63) is 18.2 Å². The van der Waals surface area contributed by atoms with Crippen LogP contribution in [0, 0.1) is 0 Å². The van der Waals surface area contributed by atoms with E-state index in [1.54, 1.807) is 6.07 Å². The lowest BCUT2D eigenvalue weighted by Crippen LogP contribution is -2.43. The summed E-state index contributed by atoms with van der Waals surface area (Å²) in [6, 6.07) is 6.39. The number of rotatable bonds is 1. The average molecular weight is 206 g/mol. The molecule has 1 unspecified atom stereocenters. The van der Waals surface area contributed by atoms with Crippen LogP contribution in [0.25, 0.3) is 0 Å². The van der Waals surface area contributed by atoms with Gasteiger partial charge >= 0.3 is 0 Å². The van der Waals surface area contributed by atoms with Crippen LogP contribution in [0.5, 0.6) is 5.75 Å². The maximum atomic E-state index is 9.50. The number of nitrogens with zero attached hydrogens (tertiary/aromatic N) is 1. The summed E-state index contributed by atoms with van der Waals surface area (Å²) in [6.07, 6.45) is 0. The minimum Gasteiger partial charge on any atom is -0.508 e. The predicted octanol–water partition coefficient (Wildman–Crippen LogP) is 2.42. The molecule has 0 aromatic heterocycles. The Bertz CT molecular complexity index is 363. The second-order valence-corrected chi connectivity index (χ2v) is 4.49. The van der Waals surface area contributed by atoms with Gasteiger partial charge in [0.15, 0.2) is 0 Å². The number of phenolic OH excluding ortho intramolecular Hbond substituents is 1. The molecule has 1 aliphatic heterocycles. The van der Waals surface area contributed by atoms with Crippen molar-refractivity contribution in [2.75, 3.05) is 16.8 Å². The highest BCUT2D eigenvalue weighted by Crippen LogP contribution is 2.34. The summed E-state index contributed by atoms with van der Waals surface area (Å²) in [5.74, 6) is 0.329. The molecule has 1 aromatic carbocycles. The Labute approximate surface area is 90.7 Å². The molecule has 0 radical (unpaired) electrons. The van der Waals surface area contributed by atoms with Crippen LogP contribution in [0.15, 0.2) is 18.2 Å². The first kappa shape index (κ1) is 10.1. The lowest BCUT2D eigenvalue weighted by atomic mass is 10.1. The third-order valence-electron chi connectivity index (χ3n) is 2.79. The van der Waals surface area contributed by atoms with Gasteiger partial charge in [-0.1, -0.05) is 0 Å². The molecule has 0 amide bonds. The molecule has 0 spiro atoms. The average Bonchev–Trinajstić information content (AvgIpc) is 2.17. The van der Waals surface area contributed by atoms with Crippen LogP contribution >= 0.6 is 0 Å². The van der Waals surface area contributed by atoms with Crippen molar-refractivity contribution in [1.29, 1.82) is 0 Å². The van der Waals surface area contributed by atoms with E-state index in [9.17, 15) is 5.11 Å². The Balaban J connectivity index is 2.43. The number of phenols is 1. The van der Waals surface area contributed by atoms with Crippen molar-refractivity contribution in [3.8, 4) is 5.75 Å². The second-order valence-electron chi connectivity index (χ2n) is 4.49. The van der Waals surface area contributed by atoms with Gasteiger partial charge in [0.2, 0.25) is 0 Å². The Morgan fingerprint density at radius 3 is 2.87 bits per heavy atom. The zero-order valence-electron chi connectivity index (χ0n) is 9.49. The summed E-state index contributed by atoms with van der Waals surface area (Å²) in [5.41, 5.74) is 2.21. The lowest BCUT2D eigenvalue weighted by molar-refractivity contribution is 0.474. The van der Waals surface area contributed by atoms with Crippen molar-refractivity contribution in [1.82, 2.24) is 0 Å². The van der Waals surface area contributed by atoms with Crippen LogP contribution in [-0.4, -0.2) is 23.7 Å². The van der Waals surface area contributed by atoms with Gasteiger partial charge in [0.05, 0.1) is 11.4 Å². The monoisotopic (exact) mass is 206 g/mol. The molecule has 1 heterocycles. The molecule has 82 valence electrons. The number of anilines is 2. The van der Waals surface area contributed by atoms with Crippen molar-refractivity contribution < 1.29 is 5.11 Å². The third kappa shape index (κ3) is 1.87. The molecule has 0 saturated heterocycles. The van der Waals surface area contributed by atoms with Crippen molar-refractivity contribution >= 4 is 11.4 Å². The number of benzene rings is 1. The number of hydrogen-bond donors (Lipinski definition) is 2. The molecule has 0 bridgehead atoms. The first-order valence-electron chi connectivity index (χ1n) is 5.44. The van der Waals surface area contributed by atoms with Crippen LogP contribution in [0.1, 0.15) is 20.8 Å². The molecule has 15 heavy (non-hydrogen) atoms. The predicted molar refractivity (Wildman–Crippen MR) is 63.7 cm³/mol. The summed E-state index contributed by atoms with van der Waals surface area (Å²) in [4.78, 5) is 2.32. The molecule has 3 heteroatoms. The highest BCUT2D eigenvalue weighted by atomic mass is 16.3. The van der Waals surface area contributed by atoms with Gasteiger partial charge in [-0.25, -0.2) is 0 Å². The van der Waals surface area contributed by atoms with E-state index in [1.807, 2.05) is 12.1 Å². The van der Waals surface area contributed by atoms with Crippen LogP contribution in [0.3, 0.4) is 0 Å². The second kappa shape index (κ2) is 3.65. The van der Waals surface area contributed by atoms with Crippen LogP contribution < -0.4 is 10.2 Å². The molecule has 1 aliphatic rings. The quantitative estimate of drug-likeness (QED) is 0.693. The first-order valence-corrected chi connectivity index (χ1v) is 5.44. The normalized spacial score (nSPS) is 20.0. The van der Waals surface area contributed by atoms with E-state index in [1.165, 1.54) is 0 Å². The molecule has 3 nitrogen and oxygen atoms in total. The molecule has 0 aliphatic carbocycles. The molecule has 0 saturated carbocycles. The number of hydrogen-bond acceptors (Lipinski definition) is 3. The molecule has 2 rings (SSSR count). The van der Waals surface area contributed by atoms with E-state index < -0.39 is 0 Å². The fraction of sp³-hybridized carbons (Fsp3) is 0.500. The fourth-order valence-corrected chi connectivity index (χ4v) is 2.07. The summed E-state index contributed by atoms with van der Waals surface area (Å²) in [6.45, 7) is 7.50. The summed E-state index contributed by atoms with van der Waals surface area (Å²) in [7, 11) is 0. The number of fused-ring (bicyclic) bond motifs is 1. The highest BCUT2D eigenvalue weighted by molar-refractivity contribution is 5.74. The van der Waals surface area contributed by atoms with Crippen molar-refractivity contribution in [2.24, 2.45) is 0 Å². The molecule has 1 atom stereocenters. The third-order valence-corrected chi connectivity index (χ3v) is 2.79. The zero-order valence-corrected chi connectivity index (χ0v) is 9.49. The lowest BCUT2D eigenvalue weighted by Gasteiger charge is -2.38. The Kier molecular flexibility index (Phi) is 2.47. The minimum atomic E-state index is 0.329. The van der Waals surface area contributed by atoms with Gasteiger partial charge in [-0.3, -0.25) is 0 Å². The Morgan fingerprint density at radius 2 is 2.20 bits per heavy atom. The van der Waals surface area contributed by atoms with Gasteiger partial charge in [-0.05, 0) is 32.9 Å². The van der Waals surface area contributed by atoms with Gasteiger partial charge in [0.1, 0.15) is 5.75 Å². The van der Waals surface area contributed by atoms with E-state index in [0.717, 1.165) is 17.9 Å². The van der Waals surface area contributed by atoms with E-state index >= 15 is 0 Å². The van der Waals surface area contributed by atoms with E-state index in [4.69, 9.17) is 0 Å². The number of nitrogens with one attached hydrogen (secondary N) is 1. The first-order chi connectivity index (χ1) is 7.08. The highest BCUT2D eigenvalue weighted by Gasteiger charge is 2.22. The van der Waals surface area contributed by atoms with E-state index in [0.29, 0.717) is 17.8 Å². The van der Waals surface area contributed by atoms with E-state index in [-0.39, 0.29) is 0 Å².